The van der Waals surface area contributed by atoms with Gasteiger partial charge in [0.15, 0.2) is 0 Å². The zero-order valence-corrected chi connectivity index (χ0v) is 5.44. The van der Waals surface area contributed by atoms with E-state index in [0.717, 1.165) is 6.54 Å². The summed E-state index contributed by atoms with van der Waals surface area (Å²) in [6.07, 6.45) is 1.66. The number of hydrogen-bond acceptors (Lipinski definition) is 1. The molecule has 0 rings (SSSR count). The predicted molar refractivity (Wildman–Crippen MR) is 36.0 cm³/mol. The Morgan fingerprint density at radius 1 is 1.88 bits per heavy atom. The maximum absolute atomic E-state index is 7.11. The molecule has 0 aromatic rings. The van der Waals surface area contributed by atoms with Crippen LogP contribution in [-0.2, 0) is 0 Å². The highest BCUT2D eigenvalue weighted by molar-refractivity contribution is 5.77. The molecule has 0 fully saturated rings. The molecule has 46 valence electrons. The van der Waals surface area contributed by atoms with Gasteiger partial charge < -0.3 is 4.90 Å². The van der Waals surface area contributed by atoms with Crippen molar-refractivity contribution in [2.75, 3.05) is 6.54 Å². The first-order valence-corrected chi connectivity index (χ1v) is 2.66. The zero-order chi connectivity index (χ0) is 6.57. The monoisotopic (exact) mass is 112 g/mol. The normalized spacial score (nSPS) is 8.25. The van der Waals surface area contributed by atoms with Gasteiger partial charge in [-0.3, -0.25) is 5.41 Å². The van der Waals surface area contributed by atoms with Gasteiger partial charge in [-0.05, 0) is 20.0 Å². The molecule has 0 amide bonds. The molecule has 0 heterocycles. The average molecular weight is 112 g/mol. The largest absolute Gasteiger partial charge is 0.338 e. The molecule has 0 unspecified atom stereocenters. The maximum Gasteiger partial charge on any atom is 0.0965 e. The van der Waals surface area contributed by atoms with Gasteiger partial charge in [0.2, 0.25) is 0 Å². The van der Waals surface area contributed by atoms with Crippen LogP contribution in [-0.4, -0.2) is 17.3 Å². The summed E-state index contributed by atoms with van der Waals surface area (Å²) < 4.78 is 0. The highest BCUT2D eigenvalue weighted by atomic mass is 15.1. The second-order valence-corrected chi connectivity index (χ2v) is 1.55. The summed E-state index contributed by atoms with van der Waals surface area (Å²) in [7, 11) is 0. The van der Waals surface area contributed by atoms with Crippen LogP contribution in [0.5, 0.6) is 0 Å². The van der Waals surface area contributed by atoms with E-state index >= 15 is 0 Å². The zero-order valence-electron chi connectivity index (χ0n) is 5.44. The van der Waals surface area contributed by atoms with Crippen molar-refractivity contribution < 1.29 is 0 Å². The molecule has 0 spiro atoms. The van der Waals surface area contributed by atoms with Crippen LogP contribution in [0.1, 0.15) is 13.8 Å². The predicted octanol–water partition coefficient (Wildman–Crippen LogP) is 1.45. The Labute approximate surface area is 50.3 Å². The van der Waals surface area contributed by atoms with Gasteiger partial charge in [-0.25, -0.2) is 0 Å². The molecule has 0 saturated heterocycles. The first-order valence-electron chi connectivity index (χ1n) is 2.66. The minimum Gasteiger partial charge on any atom is -0.338 e. The summed E-state index contributed by atoms with van der Waals surface area (Å²) in [6.45, 7) is 8.10. The van der Waals surface area contributed by atoms with Crippen LogP contribution in [0.15, 0.2) is 12.8 Å². The molecular formula is C6H12N2. The van der Waals surface area contributed by atoms with Crippen LogP contribution in [0.25, 0.3) is 0 Å². The molecule has 0 aliphatic heterocycles. The molecule has 0 atom stereocenters. The van der Waals surface area contributed by atoms with Crippen molar-refractivity contribution in [3.63, 3.8) is 0 Å². The molecule has 1 N–H and O–H groups in total. The van der Waals surface area contributed by atoms with Crippen LogP contribution in [0.2, 0.25) is 0 Å². The lowest BCUT2D eigenvalue weighted by Gasteiger charge is -2.13. The average Bonchev–Trinajstić information content (AvgIpc) is 1.69. The Morgan fingerprint density at radius 2 is 2.38 bits per heavy atom. The maximum atomic E-state index is 7.11. The summed E-state index contributed by atoms with van der Waals surface area (Å²) in [6, 6.07) is 0. The number of hydrogen-bond donors (Lipinski definition) is 1. The summed E-state index contributed by atoms with van der Waals surface area (Å²) in [5.41, 5.74) is 0. The Hall–Kier alpha value is -0.790. The summed E-state index contributed by atoms with van der Waals surface area (Å²) in [5, 5.41) is 7.11. The van der Waals surface area contributed by atoms with E-state index in [-0.39, 0.29) is 0 Å². The van der Waals surface area contributed by atoms with Crippen LogP contribution in [0, 0.1) is 5.41 Å². The summed E-state index contributed by atoms with van der Waals surface area (Å²) in [5.74, 6) is 0.544. The summed E-state index contributed by atoms with van der Waals surface area (Å²) in [4.78, 5) is 1.76. The third-order valence-corrected chi connectivity index (χ3v) is 0.992. The molecule has 0 saturated carbocycles. The number of amidine groups is 1. The molecule has 0 aliphatic carbocycles. The van der Waals surface area contributed by atoms with Crippen molar-refractivity contribution in [1.29, 1.82) is 5.41 Å². The Balaban J connectivity index is 3.69. The fourth-order valence-corrected chi connectivity index (χ4v) is 0.503. The van der Waals surface area contributed by atoms with Crippen molar-refractivity contribution in [2.24, 2.45) is 0 Å². The van der Waals surface area contributed by atoms with E-state index in [2.05, 4.69) is 6.58 Å². The van der Waals surface area contributed by atoms with Crippen molar-refractivity contribution >= 4 is 5.84 Å². The van der Waals surface area contributed by atoms with E-state index in [0.29, 0.717) is 5.84 Å². The quantitative estimate of drug-likeness (QED) is 0.425. The summed E-state index contributed by atoms with van der Waals surface area (Å²) >= 11 is 0. The van der Waals surface area contributed by atoms with Gasteiger partial charge in [-0.2, -0.15) is 0 Å². The topological polar surface area (TPSA) is 27.1 Å². The van der Waals surface area contributed by atoms with Gasteiger partial charge in [-0.1, -0.05) is 6.58 Å². The van der Waals surface area contributed by atoms with E-state index in [1.54, 1.807) is 18.0 Å². The Morgan fingerprint density at radius 3 is 2.38 bits per heavy atom. The standard InChI is InChI=1S/C6H12N2/c1-4-8(5-2)6(3)7/h4,7H,1,5H2,2-3H3. The number of nitrogens with zero attached hydrogens (tertiary/aromatic N) is 1. The van der Waals surface area contributed by atoms with Crippen LogP contribution >= 0.6 is 0 Å². The molecule has 2 heteroatoms. The smallest absolute Gasteiger partial charge is 0.0965 e. The SMILES string of the molecule is C=CN(CC)C(C)=N. The molecule has 0 radical (unpaired) electrons. The minimum atomic E-state index is 0.544. The number of nitrogens with one attached hydrogen (secondary N) is 1. The number of rotatable bonds is 2. The lowest BCUT2D eigenvalue weighted by Crippen LogP contribution is -2.20. The lowest BCUT2D eigenvalue weighted by atomic mass is 10.5. The van der Waals surface area contributed by atoms with Gasteiger partial charge in [0.25, 0.3) is 0 Å². The molecular weight excluding hydrogens is 100 g/mol. The van der Waals surface area contributed by atoms with Crippen LogP contribution < -0.4 is 0 Å². The van der Waals surface area contributed by atoms with Crippen molar-refractivity contribution in [3.05, 3.63) is 12.8 Å². The second-order valence-electron chi connectivity index (χ2n) is 1.55. The van der Waals surface area contributed by atoms with Gasteiger partial charge in [0.1, 0.15) is 0 Å². The van der Waals surface area contributed by atoms with Crippen molar-refractivity contribution in [2.45, 2.75) is 13.8 Å². The van der Waals surface area contributed by atoms with Gasteiger partial charge >= 0.3 is 0 Å². The van der Waals surface area contributed by atoms with Gasteiger partial charge in [0, 0.05) is 6.54 Å². The van der Waals surface area contributed by atoms with E-state index in [1.165, 1.54) is 0 Å². The molecule has 0 aromatic carbocycles. The highest BCUT2D eigenvalue weighted by Gasteiger charge is 1.92. The van der Waals surface area contributed by atoms with E-state index in [1.807, 2.05) is 6.92 Å². The first kappa shape index (κ1) is 7.21. The third kappa shape index (κ3) is 1.78. The van der Waals surface area contributed by atoms with Crippen molar-refractivity contribution in [1.82, 2.24) is 4.90 Å². The fraction of sp³-hybridized carbons (Fsp3) is 0.500. The van der Waals surface area contributed by atoms with E-state index in [4.69, 9.17) is 5.41 Å². The Kier molecular flexibility index (Phi) is 2.92. The fourth-order valence-electron chi connectivity index (χ4n) is 0.503. The lowest BCUT2D eigenvalue weighted by molar-refractivity contribution is 0.584. The van der Waals surface area contributed by atoms with Gasteiger partial charge in [-0.15, -0.1) is 0 Å². The molecule has 0 aromatic heterocycles. The van der Waals surface area contributed by atoms with Crippen LogP contribution in [0.3, 0.4) is 0 Å². The molecule has 8 heavy (non-hydrogen) atoms. The van der Waals surface area contributed by atoms with E-state index < -0.39 is 0 Å². The van der Waals surface area contributed by atoms with Crippen LogP contribution in [0.4, 0.5) is 0 Å². The second kappa shape index (κ2) is 3.24. The Bertz CT molecular complexity index is 96.7. The van der Waals surface area contributed by atoms with Gasteiger partial charge in [0.05, 0.1) is 5.84 Å². The van der Waals surface area contributed by atoms with Crippen molar-refractivity contribution in [3.8, 4) is 0 Å². The molecule has 2 nitrogen and oxygen atoms in total. The molecule has 0 bridgehead atoms. The minimum absolute atomic E-state index is 0.544. The molecule has 0 aliphatic rings. The third-order valence-electron chi connectivity index (χ3n) is 0.992. The first-order chi connectivity index (χ1) is 3.72. The highest BCUT2D eigenvalue weighted by Crippen LogP contribution is 1.86. The van der Waals surface area contributed by atoms with E-state index in [9.17, 15) is 0 Å².